The van der Waals surface area contributed by atoms with E-state index < -0.39 is 41.6 Å². The van der Waals surface area contributed by atoms with E-state index in [1.807, 2.05) is 0 Å². The minimum Gasteiger partial charge on any atom is -0.432 e. The molecule has 1 N–H and O–H groups in total. The Hall–Kier alpha value is -1.83. The summed E-state index contributed by atoms with van der Waals surface area (Å²) in [5, 5.41) is 9.02. The number of rotatable bonds is 3. The molecule has 2 rings (SSSR count). The molecule has 1 saturated heterocycles. The lowest BCUT2D eigenvalue weighted by Gasteiger charge is -2.36. The molecule has 1 aliphatic heterocycles. The molecule has 1 aromatic rings. The van der Waals surface area contributed by atoms with Gasteiger partial charge in [0, 0.05) is 13.1 Å². The summed E-state index contributed by atoms with van der Waals surface area (Å²) in [6.07, 6.45) is -0.740. The third-order valence-corrected chi connectivity index (χ3v) is 2.64. The van der Waals surface area contributed by atoms with Gasteiger partial charge in [0.15, 0.2) is 11.6 Å². The molecule has 0 bridgehead atoms. The summed E-state index contributed by atoms with van der Waals surface area (Å²) in [5.74, 6) is -4.57. The third kappa shape index (κ3) is 2.62. The summed E-state index contributed by atoms with van der Waals surface area (Å²) in [4.78, 5) is 12.7. The normalized spacial score (nSPS) is 15.6. The van der Waals surface area contributed by atoms with Crippen LogP contribution in [0, 0.1) is 11.6 Å². The van der Waals surface area contributed by atoms with Gasteiger partial charge in [-0.05, 0) is 12.1 Å². The van der Waals surface area contributed by atoms with Gasteiger partial charge in [-0.3, -0.25) is 4.79 Å². The molecule has 1 aliphatic rings. The molecule has 0 saturated carbocycles. The van der Waals surface area contributed by atoms with E-state index in [-0.39, 0.29) is 13.1 Å². The standard InChI is InChI=1S/C11H9F4NO3/c12-6-1-2-7(19-11(14)15)9(13)8(6)10(18)16-3-5(17)4-16/h1-2,5,11,17H,3-4H2. The average molecular weight is 279 g/mol. The van der Waals surface area contributed by atoms with E-state index in [1.165, 1.54) is 0 Å². The van der Waals surface area contributed by atoms with E-state index in [0.717, 1.165) is 4.90 Å². The number of β-amino-alcohol motifs (C(OH)–C–C–N with tert-alkyl or cyclic N) is 1. The molecule has 0 aliphatic carbocycles. The van der Waals surface area contributed by atoms with Crippen LogP contribution in [0.1, 0.15) is 10.4 Å². The maximum absolute atomic E-state index is 13.8. The zero-order chi connectivity index (χ0) is 14.2. The molecular weight excluding hydrogens is 270 g/mol. The number of nitrogens with zero attached hydrogens (tertiary/aromatic N) is 1. The Morgan fingerprint density at radius 2 is 2.00 bits per heavy atom. The Kier molecular flexibility index (Phi) is 3.61. The van der Waals surface area contributed by atoms with Crippen molar-refractivity contribution in [1.29, 1.82) is 0 Å². The summed E-state index contributed by atoms with van der Waals surface area (Å²) in [5.41, 5.74) is -0.968. The number of likely N-dealkylation sites (tertiary alicyclic amines) is 1. The number of ether oxygens (including phenoxy) is 1. The van der Waals surface area contributed by atoms with Crippen LogP contribution >= 0.6 is 0 Å². The highest BCUT2D eigenvalue weighted by Crippen LogP contribution is 2.27. The molecule has 1 fully saturated rings. The van der Waals surface area contributed by atoms with Gasteiger partial charge in [0.05, 0.1) is 6.10 Å². The van der Waals surface area contributed by atoms with E-state index in [9.17, 15) is 22.4 Å². The Bertz CT molecular complexity index is 503. The first-order valence-corrected chi connectivity index (χ1v) is 5.30. The lowest BCUT2D eigenvalue weighted by molar-refractivity contribution is -0.0524. The number of carbonyl (C=O) groups is 1. The monoisotopic (exact) mass is 279 g/mol. The maximum Gasteiger partial charge on any atom is 0.387 e. The molecule has 0 atom stereocenters. The lowest BCUT2D eigenvalue weighted by atomic mass is 10.1. The van der Waals surface area contributed by atoms with Crippen LogP contribution < -0.4 is 4.74 Å². The first-order chi connectivity index (χ1) is 8.90. The summed E-state index contributed by atoms with van der Waals surface area (Å²) < 4.78 is 55.1. The molecule has 0 aromatic heterocycles. The van der Waals surface area contributed by atoms with Crippen molar-refractivity contribution in [2.45, 2.75) is 12.7 Å². The predicted octanol–water partition coefficient (Wildman–Crippen LogP) is 1.38. The number of hydrogen-bond acceptors (Lipinski definition) is 3. The molecule has 1 heterocycles. The van der Waals surface area contributed by atoms with Gasteiger partial charge >= 0.3 is 6.61 Å². The zero-order valence-corrected chi connectivity index (χ0v) is 9.45. The van der Waals surface area contributed by atoms with Gasteiger partial charge in [0.25, 0.3) is 5.91 Å². The highest BCUT2D eigenvalue weighted by molar-refractivity contribution is 5.95. The SMILES string of the molecule is O=C(c1c(F)ccc(OC(F)F)c1F)N1CC(O)C1. The fourth-order valence-electron chi connectivity index (χ4n) is 1.70. The van der Waals surface area contributed by atoms with E-state index in [0.29, 0.717) is 12.1 Å². The van der Waals surface area contributed by atoms with Crippen molar-refractivity contribution < 1.29 is 32.2 Å². The molecule has 1 amide bonds. The summed E-state index contributed by atoms with van der Waals surface area (Å²) >= 11 is 0. The molecule has 19 heavy (non-hydrogen) atoms. The first-order valence-electron chi connectivity index (χ1n) is 5.30. The van der Waals surface area contributed by atoms with E-state index in [2.05, 4.69) is 4.74 Å². The molecule has 104 valence electrons. The molecule has 0 unspecified atom stereocenters. The second kappa shape index (κ2) is 5.04. The van der Waals surface area contributed by atoms with E-state index in [1.54, 1.807) is 0 Å². The number of amides is 1. The molecule has 0 spiro atoms. The van der Waals surface area contributed by atoms with Crippen LogP contribution in [0.15, 0.2) is 12.1 Å². The van der Waals surface area contributed by atoms with Crippen LogP contribution in [0.3, 0.4) is 0 Å². The molecule has 4 nitrogen and oxygen atoms in total. The van der Waals surface area contributed by atoms with Crippen molar-refractivity contribution in [2.75, 3.05) is 13.1 Å². The Labute approximate surface area is 105 Å². The average Bonchev–Trinajstić information content (AvgIpc) is 2.28. The number of alkyl halides is 2. The van der Waals surface area contributed by atoms with E-state index >= 15 is 0 Å². The number of benzene rings is 1. The summed E-state index contributed by atoms with van der Waals surface area (Å²) in [6, 6.07) is 1.35. The molecule has 1 aromatic carbocycles. The molecule has 8 heteroatoms. The van der Waals surface area contributed by atoms with Gasteiger partial charge in [-0.2, -0.15) is 8.78 Å². The van der Waals surface area contributed by atoms with Crippen molar-refractivity contribution in [3.05, 3.63) is 29.3 Å². The van der Waals surface area contributed by atoms with Crippen LogP contribution in [0.2, 0.25) is 0 Å². The minimum atomic E-state index is -3.28. The summed E-state index contributed by atoms with van der Waals surface area (Å²) in [6.45, 7) is -3.40. The Balaban J connectivity index is 2.30. The molecule has 0 radical (unpaired) electrons. The highest BCUT2D eigenvalue weighted by atomic mass is 19.3. The van der Waals surface area contributed by atoms with Crippen molar-refractivity contribution >= 4 is 5.91 Å². The van der Waals surface area contributed by atoms with Crippen molar-refractivity contribution in [3.63, 3.8) is 0 Å². The number of aliphatic hydroxyl groups excluding tert-OH is 1. The van der Waals surface area contributed by atoms with Crippen LogP contribution in [0.4, 0.5) is 17.6 Å². The van der Waals surface area contributed by atoms with Gasteiger partial charge in [-0.25, -0.2) is 8.78 Å². The number of carbonyl (C=O) groups excluding carboxylic acids is 1. The van der Waals surface area contributed by atoms with Crippen LogP contribution in [-0.4, -0.2) is 41.7 Å². The van der Waals surface area contributed by atoms with Crippen molar-refractivity contribution in [1.82, 2.24) is 4.90 Å². The predicted molar refractivity (Wildman–Crippen MR) is 54.9 cm³/mol. The van der Waals surface area contributed by atoms with Gasteiger partial charge in [-0.1, -0.05) is 0 Å². The first kappa shape index (κ1) is 13.6. The second-order valence-electron chi connectivity index (χ2n) is 3.98. The van der Waals surface area contributed by atoms with Crippen LogP contribution in [0.25, 0.3) is 0 Å². The Morgan fingerprint density at radius 3 is 2.53 bits per heavy atom. The summed E-state index contributed by atoms with van der Waals surface area (Å²) in [7, 11) is 0. The third-order valence-electron chi connectivity index (χ3n) is 2.64. The van der Waals surface area contributed by atoms with Gasteiger partial charge < -0.3 is 14.7 Å². The number of aliphatic hydroxyl groups is 1. The van der Waals surface area contributed by atoms with E-state index in [4.69, 9.17) is 5.11 Å². The highest BCUT2D eigenvalue weighted by Gasteiger charge is 2.33. The smallest absolute Gasteiger partial charge is 0.387 e. The zero-order valence-electron chi connectivity index (χ0n) is 9.45. The topological polar surface area (TPSA) is 49.8 Å². The number of hydrogen-bond donors (Lipinski definition) is 1. The molecular formula is C11H9F4NO3. The van der Waals surface area contributed by atoms with Gasteiger partial charge in [0.1, 0.15) is 11.4 Å². The lowest BCUT2D eigenvalue weighted by Crippen LogP contribution is -2.53. The fraction of sp³-hybridized carbons (Fsp3) is 0.364. The number of halogens is 4. The van der Waals surface area contributed by atoms with Crippen molar-refractivity contribution in [3.8, 4) is 5.75 Å². The van der Waals surface area contributed by atoms with Crippen LogP contribution in [0.5, 0.6) is 5.75 Å². The van der Waals surface area contributed by atoms with Gasteiger partial charge in [0.2, 0.25) is 0 Å². The largest absolute Gasteiger partial charge is 0.432 e. The minimum absolute atomic E-state index is 0.0579. The Morgan fingerprint density at radius 1 is 1.37 bits per heavy atom. The van der Waals surface area contributed by atoms with Gasteiger partial charge in [-0.15, -0.1) is 0 Å². The quantitative estimate of drug-likeness (QED) is 0.850. The fourth-order valence-corrected chi connectivity index (χ4v) is 1.70. The maximum atomic E-state index is 13.8. The van der Waals surface area contributed by atoms with Crippen molar-refractivity contribution in [2.24, 2.45) is 0 Å². The van der Waals surface area contributed by atoms with Crippen LogP contribution in [-0.2, 0) is 0 Å². The second-order valence-corrected chi connectivity index (χ2v) is 3.98.